The lowest BCUT2D eigenvalue weighted by atomic mass is 10.1. The third-order valence-electron chi connectivity index (χ3n) is 4.89. The molecule has 0 unspecified atom stereocenters. The van der Waals surface area contributed by atoms with E-state index in [-0.39, 0.29) is 6.79 Å². The molecule has 2 heterocycles. The lowest BCUT2D eigenvalue weighted by Gasteiger charge is -2.27. The SMILES string of the molecule is Cc1cccc(C)c1NC(=S)N(Cc1ccc2c(c1)OCO2)Cc1ccccn1. The average Bonchev–Trinajstić information content (AvgIpc) is 3.19. The fraction of sp³-hybridized carbons (Fsp3) is 0.217. The maximum atomic E-state index is 5.81. The number of hydrogen-bond acceptors (Lipinski definition) is 4. The fourth-order valence-corrected chi connectivity index (χ4v) is 3.58. The van der Waals surface area contributed by atoms with Crippen LogP contribution in [0.25, 0.3) is 0 Å². The van der Waals surface area contributed by atoms with Crippen molar-refractivity contribution in [3.63, 3.8) is 0 Å². The monoisotopic (exact) mass is 405 g/mol. The van der Waals surface area contributed by atoms with Crippen molar-refractivity contribution in [1.29, 1.82) is 0 Å². The molecule has 2 aromatic carbocycles. The Morgan fingerprint density at radius 3 is 2.55 bits per heavy atom. The van der Waals surface area contributed by atoms with E-state index in [1.165, 1.54) is 0 Å². The van der Waals surface area contributed by atoms with Gasteiger partial charge in [-0.3, -0.25) is 4.98 Å². The van der Waals surface area contributed by atoms with Gasteiger partial charge in [-0.15, -0.1) is 0 Å². The predicted molar refractivity (Wildman–Crippen MR) is 118 cm³/mol. The third-order valence-corrected chi connectivity index (χ3v) is 5.25. The summed E-state index contributed by atoms with van der Waals surface area (Å²) in [5, 5.41) is 4.10. The highest BCUT2D eigenvalue weighted by molar-refractivity contribution is 7.80. The molecule has 29 heavy (non-hydrogen) atoms. The van der Waals surface area contributed by atoms with Crippen LogP contribution in [0.1, 0.15) is 22.4 Å². The average molecular weight is 406 g/mol. The zero-order chi connectivity index (χ0) is 20.2. The van der Waals surface area contributed by atoms with Crippen LogP contribution in [0.2, 0.25) is 0 Å². The van der Waals surface area contributed by atoms with Gasteiger partial charge in [0.1, 0.15) is 0 Å². The number of pyridine rings is 1. The molecule has 1 aliphatic heterocycles. The van der Waals surface area contributed by atoms with Crippen molar-refractivity contribution in [2.45, 2.75) is 26.9 Å². The number of nitrogens with one attached hydrogen (secondary N) is 1. The van der Waals surface area contributed by atoms with Crippen molar-refractivity contribution in [3.8, 4) is 11.5 Å². The van der Waals surface area contributed by atoms with Gasteiger partial charge in [0.15, 0.2) is 16.6 Å². The standard InChI is InChI=1S/C23H23N3O2S/c1-16-6-5-7-17(2)22(16)25-23(29)26(14-19-8-3-4-11-24-19)13-18-9-10-20-21(12-18)28-15-27-20/h3-12H,13-15H2,1-2H3,(H,25,29). The van der Waals surface area contributed by atoms with Crippen LogP contribution in [0.15, 0.2) is 60.8 Å². The van der Waals surface area contributed by atoms with E-state index in [0.717, 1.165) is 39.6 Å². The summed E-state index contributed by atoms with van der Waals surface area (Å²) in [6.45, 7) is 5.66. The predicted octanol–water partition coefficient (Wildman–Crippen LogP) is 4.83. The van der Waals surface area contributed by atoms with Gasteiger partial charge in [-0.2, -0.15) is 0 Å². The minimum absolute atomic E-state index is 0.267. The Hall–Kier alpha value is -3.12. The summed E-state index contributed by atoms with van der Waals surface area (Å²) in [7, 11) is 0. The normalized spacial score (nSPS) is 11.9. The largest absolute Gasteiger partial charge is 0.454 e. The van der Waals surface area contributed by atoms with Gasteiger partial charge in [0, 0.05) is 18.4 Å². The summed E-state index contributed by atoms with van der Waals surface area (Å²) in [5.74, 6) is 1.55. The number of para-hydroxylation sites is 1. The number of aryl methyl sites for hydroxylation is 2. The lowest BCUT2D eigenvalue weighted by molar-refractivity contribution is 0.174. The van der Waals surface area contributed by atoms with Crippen LogP contribution >= 0.6 is 12.2 Å². The highest BCUT2D eigenvalue weighted by Crippen LogP contribution is 2.33. The number of fused-ring (bicyclic) bond motifs is 1. The Morgan fingerprint density at radius 1 is 1.00 bits per heavy atom. The van der Waals surface area contributed by atoms with Gasteiger partial charge in [-0.25, -0.2) is 0 Å². The van der Waals surface area contributed by atoms with Crippen molar-refractivity contribution in [3.05, 3.63) is 83.2 Å². The van der Waals surface area contributed by atoms with Gasteiger partial charge in [-0.1, -0.05) is 30.3 Å². The van der Waals surface area contributed by atoms with Crippen molar-refractivity contribution in [2.75, 3.05) is 12.1 Å². The molecule has 148 valence electrons. The van der Waals surface area contributed by atoms with Gasteiger partial charge in [0.25, 0.3) is 0 Å². The number of hydrogen-bond donors (Lipinski definition) is 1. The Bertz CT molecular complexity index is 1000. The van der Waals surface area contributed by atoms with E-state index in [0.29, 0.717) is 18.2 Å². The smallest absolute Gasteiger partial charge is 0.231 e. The third kappa shape index (κ3) is 4.49. The molecule has 0 bridgehead atoms. The molecule has 0 atom stereocenters. The van der Waals surface area contributed by atoms with E-state index in [1.54, 1.807) is 6.20 Å². The van der Waals surface area contributed by atoms with Crippen LogP contribution in [-0.4, -0.2) is 21.8 Å². The topological polar surface area (TPSA) is 46.6 Å². The van der Waals surface area contributed by atoms with E-state index in [1.807, 2.05) is 36.4 Å². The summed E-state index contributed by atoms with van der Waals surface area (Å²) in [6, 6.07) is 18.1. The number of benzene rings is 2. The van der Waals surface area contributed by atoms with Gasteiger partial charge < -0.3 is 19.7 Å². The number of rotatable bonds is 5. The van der Waals surface area contributed by atoms with E-state index in [4.69, 9.17) is 21.7 Å². The van der Waals surface area contributed by atoms with E-state index >= 15 is 0 Å². The van der Waals surface area contributed by atoms with Crippen molar-refractivity contribution < 1.29 is 9.47 Å². The van der Waals surface area contributed by atoms with Crippen LogP contribution < -0.4 is 14.8 Å². The highest BCUT2D eigenvalue weighted by atomic mass is 32.1. The number of anilines is 1. The molecule has 3 aromatic rings. The van der Waals surface area contributed by atoms with Crippen LogP contribution in [0, 0.1) is 13.8 Å². The first-order valence-electron chi connectivity index (χ1n) is 9.51. The van der Waals surface area contributed by atoms with E-state index in [9.17, 15) is 0 Å². The Labute approximate surface area is 176 Å². The van der Waals surface area contributed by atoms with Crippen LogP contribution in [0.3, 0.4) is 0 Å². The summed E-state index contributed by atoms with van der Waals surface area (Å²) in [6.07, 6.45) is 1.80. The maximum absolute atomic E-state index is 5.81. The van der Waals surface area contributed by atoms with Gasteiger partial charge >= 0.3 is 0 Å². The van der Waals surface area contributed by atoms with E-state index < -0.39 is 0 Å². The Balaban J connectivity index is 1.58. The molecule has 5 nitrogen and oxygen atoms in total. The second-order valence-electron chi connectivity index (χ2n) is 7.06. The summed E-state index contributed by atoms with van der Waals surface area (Å²) in [4.78, 5) is 6.58. The van der Waals surface area contributed by atoms with Gasteiger partial charge in [0.05, 0.1) is 12.2 Å². The molecular formula is C23H23N3O2S. The summed E-state index contributed by atoms with van der Waals surface area (Å²) in [5.41, 5.74) is 5.42. The first-order chi connectivity index (χ1) is 14.1. The Morgan fingerprint density at radius 2 is 1.79 bits per heavy atom. The zero-order valence-corrected chi connectivity index (χ0v) is 17.3. The molecule has 0 saturated carbocycles. The second-order valence-corrected chi connectivity index (χ2v) is 7.45. The lowest BCUT2D eigenvalue weighted by Crippen LogP contribution is -2.34. The van der Waals surface area contributed by atoms with Crippen molar-refractivity contribution in [1.82, 2.24) is 9.88 Å². The van der Waals surface area contributed by atoms with Gasteiger partial charge in [-0.05, 0) is 67.0 Å². The molecule has 0 spiro atoms. The molecule has 6 heteroatoms. The van der Waals surface area contributed by atoms with Crippen molar-refractivity contribution >= 4 is 23.0 Å². The minimum atomic E-state index is 0.267. The molecule has 0 radical (unpaired) electrons. The molecule has 0 fully saturated rings. The molecule has 1 aliphatic rings. The zero-order valence-electron chi connectivity index (χ0n) is 16.5. The number of thiocarbonyl (C=S) groups is 1. The number of aromatic nitrogens is 1. The second kappa shape index (κ2) is 8.49. The fourth-order valence-electron chi connectivity index (χ4n) is 3.34. The quantitative estimate of drug-likeness (QED) is 0.614. The molecule has 0 saturated heterocycles. The first kappa shape index (κ1) is 19.2. The van der Waals surface area contributed by atoms with Crippen LogP contribution in [0.4, 0.5) is 5.69 Å². The number of nitrogens with zero attached hydrogens (tertiary/aromatic N) is 2. The molecule has 4 rings (SSSR count). The van der Waals surface area contributed by atoms with Crippen LogP contribution in [-0.2, 0) is 13.1 Å². The van der Waals surface area contributed by atoms with Gasteiger partial charge in [0.2, 0.25) is 6.79 Å². The summed E-state index contributed by atoms with van der Waals surface area (Å²) >= 11 is 5.81. The first-order valence-corrected chi connectivity index (χ1v) is 9.91. The highest BCUT2D eigenvalue weighted by Gasteiger charge is 2.17. The molecule has 0 amide bonds. The van der Waals surface area contributed by atoms with Crippen LogP contribution in [0.5, 0.6) is 11.5 Å². The number of ether oxygens (including phenoxy) is 2. The molecule has 0 aliphatic carbocycles. The Kier molecular flexibility index (Phi) is 5.62. The summed E-state index contributed by atoms with van der Waals surface area (Å²) < 4.78 is 10.9. The molecular weight excluding hydrogens is 382 g/mol. The molecule has 1 aromatic heterocycles. The van der Waals surface area contributed by atoms with E-state index in [2.05, 4.69) is 47.2 Å². The maximum Gasteiger partial charge on any atom is 0.231 e. The molecule has 1 N–H and O–H groups in total. The van der Waals surface area contributed by atoms with Crippen molar-refractivity contribution in [2.24, 2.45) is 0 Å². The minimum Gasteiger partial charge on any atom is -0.454 e.